The van der Waals surface area contributed by atoms with Gasteiger partial charge in [0.2, 0.25) is 0 Å². The summed E-state index contributed by atoms with van der Waals surface area (Å²) in [6.07, 6.45) is 1.52. The van der Waals surface area contributed by atoms with Gasteiger partial charge in [-0.3, -0.25) is 0 Å². The summed E-state index contributed by atoms with van der Waals surface area (Å²) < 4.78 is 32.6. The van der Waals surface area contributed by atoms with Crippen LogP contribution in [0.1, 0.15) is 12.7 Å². The van der Waals surface area contributed by atoms with Crippen LogP contribution >= 0.6 is 0 Å². The molecule has 62 valence electrons. The third-order valence-electron chi connectivity index (χ3n) is 1.20. The fourth-order valence-electron chi connectivity index (χ4n) is 0.647. The van der Waals surface area contributed by atoms with Gasteiger partial charge in [0, 0.05) is 6.42 Å². The van der Waals surface area contributed by atoms with Gasteiger partial charge in [0.1, 0.15) is 5.82 Å². The number of rotatable bonds is 2. The van der Waals surface area contributed by atoms with Crippen LogP contribution in [0.2, 0.25) is 0 Å². The molecule has 4 nitrogen and oxygen atoms in total. The molecule has 1 N–H and O–H groups in total. The standard InChI is InChI=1S/C5H7FN2O2S/c1-2-4-7-3-5(8-4)11(6,9)10/h3H,2H2,1H3,(H,7,8). The number of aromatic amines is 1. The van der Waals surface area contributed by atoms with Gasteiger partial charge in [0.15, 0.2) is 5.03 Å². The SMILES string of the molecule is CCc1ncc(S(=O)(=O)F)[nH]1. The smallest absolute Gasteiger partial charge is 0.331 e. The molecular weight excluding hydrogens is 171 g/mol. The lowest BCUT2D eigenvalue weighted by atomic mass is 10.5. The van der Waals surface area contributed by atoms with Crippen LogP contribution in [0.4, 0.5) is 3.89 Å². The van der Waals surface area contributed by atoms with Crippen LogP contribution in [0, 0.1) is 0 Å². The summed E-state index contributed by atoms with van der Waals surface area (Å²) in [5, 5.41) is -0.477. The van der Waals surface area contributed by atoms with E-state index in [2.05, 4.69) is 9.97 Å². The molecule has 1 rings (SSSR count). The molecule has 0 aliphatic rings. The molecule has 1 aromatic heterocycles. The van der Waals surface area contributed by atoms with Gasteiger partial charge >= 0.3 is 10.2 Å². The molecule has 0 saturated heterocycles. The molecule has 0 bridgehead atoms. The third-order valence-corrected chi connectivity index (χ3v) is 1.94. The Morgan fingerprint density at radius 1 is 1.73 bits per heavy atom. The summed E-state index contributed by atoms with van der Waals surface area (Å²) >= 11 is 0. The molecule has 0 aliphatic heterocycles. The topological polar surface area (TPSA) is 62.8 Å². The van der Waals surface area contributed by atoms with Gasteiger partial charge in [-0.2, -0.15) is 8.42 Å². The number of hydrogen-bond acceptors (Lipinski definition) is 3. The molecule has 0 amide bonds. The second kappa shape index (κ2) is 2.61. The van der Waals surface area contributed by atoms with Gasteiger partial charge in [-0.1, -0.05) is 10.8 Å². The fourth-order valence-corrected chi connectivity index (χ4v) is 1.07. The molecule has 6 heteroatoms. The van der Waals surface area contributed by atoms with Crippen molar-refractivity contribution in [2.24, 2.45) is 0 Å². The van der Waals surface area contributed by atoms with Crippen molar-refractivity contribution in [3.63, 3.8) is 0 Å². The van der Waals surface area contributed by atoms with Crippen molar-refractivity contribution in [3.05, 3.63) is 12.0 Å². The molecule has 0 spiro atoms. The van der Waals surface area contributed by atoms with E-state index in [1.165, 1.54) is 0 Å². The Bertz CT molecular complexity index is 343. The highest BCUT2D eigenvalue weighted by atomic mass is 32.3. The molecule has 0 radical (unpaired) electrons. The van der Waals surface area contributed by atoms with E-state index in [0.717, 1.165) is 6.20 Å². The Morgan fingerprint density at radius 2 is 2.36 bits per heavy atom. The van der Waals surface area contributed by atoms with Crippen molar-refractivity contribution in [1.29, 1.82) is 0 Å². The minimum atomic E-state index is -4.61. The van der Waals surface area contributed by atoms with E-state index in [1.807, 2.05) is 0 Å². The van der Waals surface area contributed by atoms with Crippen LogP contribution in [0.15, 0.2) is 11.2 Å². The molecule has 0 saturated carbocycles. The first kappa shape index (κ1) is 8.19. The molecule has 0 unspecified atom stereocenters. The maximum atomic E-state index is 12.2. The van der Waals surface area contributed by atoms with Crippen molar-refractivity contribution in [2.75, 3.05) is 0 Å². The molecule has 1 heterocycles. The Kier molecular flexibility index (Phi) is 1.95. The summed E-state index contributed by atoms with van der Waals surface area (Å²) in [7, 11) is -4.61. The van der Waals surface area contributed by atoms with Gasteiger partial charge in [-0.15, -0.1) is 0 Å². The number of nitrogens with one attached hydrogen (secondary N) is 1. The van der Waals surface area contributed by atoms with Crippen LogP contribution in [-0.2, 0) is 16.6 Å². The number of H-pyrrole nitrogens is 1. The second-order valence-electron chi connectivity index (χ2n) is 1.99. The average molecular weight is 178 g/mol. The molecule has 0 aliphatic carbocycles. The van der Waals surface area contributed by atoms with Crippen LogP contribution in [0.3, 0.4) is 0 Å². The zero-order chi connectivity index (χ0) is 8.48. The minimum Gasteiger partial charge on any atom is -0.331 e. The quantitative estimate of drug-likeness (QED) is 0.675. The third kappa shape index (κ3) is 1.76. The molecular formula is C5H7FN2O2S. The minimum absolute atomic E-state index is 0.459. The van der Waals surface area contributed by atoms with E-state index < -0.39 is 15.2 Å². The van der Waals surface area contributed by atoms with Crippen molar-refractivity contribution in [3.8, 4) is 0 Å². The van der Waals surface area contributed by atoms with Crippen LogP contribution in [-0.4, -0.2) is 18.4 Å². The summed E-state index contributed by atoms with van der Waals surface area (Å²) in [6.45, 7) is 1.79. The van der Waals surface area contributed by atoms with E-state index in [-0.39, 0.29) is 0 Å². The number of halogens is 1. The summed E-state index contributed by atoms with van der Waals surface area (Å²) in [6, 6.07) is 0. The molecule has 0 fully saturated rings. The fraction of sp³-hybridized carbons (Fsp3) is 0.400. The maximum Gasteiger partial charge on any atom is 0.349 e. The van der Waals surface area contributed by atoms with Gasteiger partial charge in [-0.25, -0.2) is 4.98 Å². The zero-order valence-electron chi connectivity index (χ0n) is 5.83. The number of aryl methyl sites for hydroxylation is 1. The van der Waals surface area contributed by atoms with Crippen molar-refractivity contribution >= 4 is 10.2 Å². The maximum absolute atomic E-state index is 12.2. The van der Waals surface area contributed by atoms with Crippen molar-refractivity contribution < 1.29 is 12.3 Å². The monoisotopic (exact) mass is 178 g/mol. The van der Waals surface area contributed by atoms with E-state index in [4.69, 9.17) is 0 Å². The summed E-state index contributed by atoms with van der Waals surface area (Å²) in [4.78, 5) is 5.96. The first-order valence-corrected chi connectivity index (χ1v) is 4.41. The summed E-state index contributed by atoms with van der Waals surface area (Å²) in [5.74, 6) is 0.459. The van der Waals surface area contributed by atoms with Crippen LogP contribution < -0.4 is 0 Å². The van der Waals surface area contributed by atoms with Gasteiger partial charge in [0.05, 0.1) is 6.20 Å². The van der Waals surface area contributed by atoms with Gasteiger partial charge in [-0.05, 0) is 0 Å². The predicted molar refractivity (Wildman–Crippen MR) is 36.3 cm³/mol. The zero-order valence-corrected chi connectivity index (χ0v) is 6.65. The molecule has 1 aromatic rings. The number of hydrogen-bond donors (Lipinski definition) is 1. The number of nitrogens with zero attached hydrogens (tertiary/aromatic N) is 1. The highest BCUT2D eigenvalue weighted by Crippen LogP contribution is 2.08. The lowest BCUT2D eigenvalue weighted by molar-refractivity contribution is 0.548. The first-order chi connectivity index (χ1) is 5.04. The Morgan fingerprint density at radius 3 is 2.64 bits per heavy atom. The van der Waals surface area contributed by atoms with Crippen LogP contribution in [0.5, 0.6) is 0 Å². The van der Waals surface area contributed by atoms with Gasteiger partial charge < -0.3 is 4.98 Å². The number of imidazole rings is 1. The van der Waals surface area contributed by atoms with E-state index in [9.17, 15) is 12.3 Å². The highest BCUT2D eigenvalue weighted by molar-refractivity contribution is 7.86. The van der Waals surface area contributed by atoms with Crippen molar-refractivity contribution in [2.45, 2.75) is 18.4 Å². The summed E-state index contributed by atoms with van der Waals surface area (Å²) in [5.41, 5.74) is 0. The van der Waals surface area contributed by atoms with Crippen molar-refractivity contribution in [1.82, 2.24) is 9.97 Å². The average Bonchev–Trinajstić information content (AvgIpc) is 2.32. The highest BCUT2D eigenvalue weighted by Gasteiger charge is 2.14. The van der Waals surface area contributed by atoms with Crippen LogP contribution in [0.25, 0.3) is 0 Å². The second-order valence-corrected chi connectivity index (χ2v) is 3.30. The van der Waals surface area contributed by atoms with E-state index >= 15 is 0 Å². The van der Waals surface area contributed by atoms with E-state index in [1.54, 1.807) is 6.92 Å². The molecule has 0 atom stereocenters. The largest absolute Gasteiger partial charge is 0.349 e. The van der Waals surface area contributed by atoms with Gasteiger partial charge in [0.25, 0.3) is 0 Å². The normalized spacial score (nSPS) is 11.8. The number of aromatic nitrogens is 2. The predicted octanol–water partition coefficient (Wildman–Crippen LogP) is 0.630. The van der Waals surface area contributed by atoms with E-state index in [0.29, 0.717) is 12.2 Å². The Labute approximate surface area is 63.7 Å². The Balaban J connectivity index is 3.09. The Hall–Kier alpha value is -0.910. The first-order valence-electron chi connectivity index (χ1n) is 3.02. The lowest BCUT2D eigenvalue weighted by Crippen LogP contribution is -1.92. The molecule has 0 aromatic carbocycles. The molecule has 11 heavy (non-hydrogen) atoms. The lowest BCUT2D eigenvalue weighted by Gasteiger charge is -1.86.